The first kappa shape index (κ1) is 76.6. The van der Waals surface area contributed by atoms with E-state index in [2.05, 4.69) is 125 Å². The molecule has 470 valence electrons. The Balaban J connectivity index is -0.000000839. The van der Waals surface area contributed by atoms with Crippen LogP contribution >= 0.6 is 0 Å². The summed E-state index contributed by atoms with van der Waals surface area (Å²) >= 11 is 0. The van der Waals surface area contributed by atoms with Gasteiger partial charge in [0, 0.05) is 99.8 Å². The standard InChI is InChI=1S/C10H17N.C7H13NO2.C7H15NO.C7H15N.C6H14N2.2C6H13NO.C6H11N.C5H11N.C2H6N2.2H2/c1-2-6-10(7-3-1)11-8-4-5-9-11;1-5-9-7(8(3)4)10-6-2;1-8-4-2-3-7(5-8)6-9;1-2-8-6-4-3-5-7-8;1-7-3-5-8(2)6-4-7;1-7-4-2-3-6(7)5-8;1-2-7-4-3-6(8)5-7;1-7-5-3-2-4-6-7;1-6-4-2-3-5-6;1-2(3)4;;/h6H,1-5,7-9H2;1,7H,6H2,2-4H3;7,9H,2-6H2,1H3;2-7H2,1H3;3-6H2,1-2H3;2*6,8H,2-5H2,1H3;2-3H,4-6H2,1H3;2-5H2,1H3;1H3,(H3,3,4);2*1H. The molecular weight excluding hydrogens is 993 g/mol. The molecule has 7 fully saturated rings. The van der Waals surface area contributed by atoms with Crippen molar-refractivity contribution in [3.63, 3.8) is 0 Å². The van der Waals surface area contributed by atoms with Crippen molar-refractivity contribution in [1.82, 2.24) is 49.0 Å². The smallest absolute Gasteiger partial charge is 0.272 e. The Hall–Kier alpha value is -2.41. The van der Waals surface area contributed by atoms with Crippen LogP contribution in [0.2, 0.25) is 0 Å². The van der Waals surface area contributed by atoms with Crippen LogP contribution in [-0.2, 0) is 9.47 Å². The predicted molar refractivity (Wildman–Crippen MR) is 340 cm³/mol. The summed E-state index contributed by atoms with van der Waals surface area (Å²) in [5.74, 6) is 0.712. The summed E-state index contributed by atoms with van der Waals surface area (Å²) in [5, 5.41) is 32.7. The fourth-order valence-corrected chi connectivity index (χ4v) is 10.1. The molecule has 1 aliphatic carbocycles. The van der Waals surface area contributed by atoms with Gasteiger partial charge in [-0.2, -0.15) is 0 Å². The Bertz CT molecular complexity index is 1480. The zero-order chi connectivity index (χ0) is 59.1. The van der Waals surface area contributed by atoms with Crippen molar-refractivity contribution in [2.45, 2.75) is 155 Å². The Morgan fingerprint density at radius 3 is 1.54 bits per heavy atom. The fourth-order valence-electron chi connectivity index (χ4n) is 10.1. The van der Waals surface area contributed by atoms with Gasteiger partial charge >= 0.3 is 0 Å². The summed E-state index contributed by atoms with van der Waals surface area (Å²) in [6.07, 6.45) is 36.0. The van der Waals surface area contributed by atoms with E-state index in [1.165, 1.54) is 195 Å². The molecule has 0 amide bonds. The number of β-amino-alcohol motifs (C(OH)–C–C–N with tert-alkyl or cyclic N) is 1. The first-order chi connectivity index (χ1) is 37.9. The van der Waals surface area contributed by atoms with E-state index < -0.39 is 6.41 Å². The van der Waals surface area contributed by atoms with Crippen LogP contribution in [0.3, 0.4) is 0 Å². The van der Waals surface area contributed by atoms with Crippen LogP contribution in [0.1, 0.15) is 140 Å². The number of hydrogen-bond acceptors (Lipinski definition) is 16. The average molecular weight is 1130 g/mol. The number of piperazine rings is 1. The molecule has 0 spiro atoms. The largest absolute Gasteiger partial charge is 0.401 e. The fraction of sp³-hybridized carbons (Fsp3) is 0.887. The van der Waals surface area contributed by atoms with Gasteiger partial charge in [0.15, 0.2) is 0 Å². The van der Waals surface area contributed by atoms with Crippen LogP contribution in [0, 0.1) is 23.9 Å². The normalized spacial score (nSPS) is 24.4. The van der Waals surface area contributed by atoms with E-state index in [1.807, 2.05) is 21.0 Å². The maximum atomic E-state index is 8.99. The third kappa shape index (κ3) is 43.9. The lowest BCUT2D eigenvalue weighted by molar-refractivity contribution is -0.171. The SMILES string of the molecule is C#COC(OCC)N(C)C.C1=C(N2CCCC2)CCCC1.CC(=N)N.CCN1CCC(O)C1.CCN1CCCCC1.CN1CC=CCC1.CN1CCCC(CO)C1.CN1CCCC1.CN1CCCC1CO.CN1CCN(C)CC1.[HH].[HH]. The molecule has 4 atom stereocenters. The van der Waals surface area contributed by atoms with Gasteiger partial charge in [-0.3, -0.25) is 10.3 Å². The highest BCUT2D eigenvalue weighted by Gasteiger charge is 2.20. The summed E-state index contributed by atoms with van der Waals surface area (Å²) in [6.45, 7) is 32.1. The number of ether oxygens (including phenoxy) is 2. The Labute approximate surface area is 490 Å². The van der Waals surface area contributed by atoms with Crippen LogP contribution in [0.15, 0.2) is 23.9 Å². The topological polar surface area (TPSA) is 161 Å². The van der Waals surface area contributed by atoms with Gasteiger partial charge in [-0.1, -0.05) is 44.9 Å². The number of aliphatic hydroxyl groups is 3. The van der Waals surface area contributed by atoms with Gasteiger partial charge in [0.1, 0.15) is 6.11 Å². The summed E-state index contributed by atoms with van der Waals surface area (Å²) < 4.78 is 9.88. The van der Waals surface area contributed by atoms with Crippen LogP contribution in [0.5, 0.6) is 0 Å². The van der Waals surface area contributed by atoms with Gasteiger partial charge in [0.05, 0.1) is 18.5 Å². The minimum atomic E-state index is -0.421. The highest BCUT2D eigenvalue weighted by atomic mass is 16.7. The number of hydrogen-bond donors (Lipinski definition) is 5. The molecule has 8 aliphatic heterocycles. The second-order valence-corrected chi connectivity index (χ2v) is 23.2. The number of likely N-dealkylation sites (N-methyl/N-ethyl adjacent to an activating group) is 5. The molecule has 0 aromatic carbocycles. The third-order valence-corrected chi connectivity index (χ3v) is 15.4. The second-order valence-electron chi connectivity index (χ2n) is 23.2. The summed E-state index contributed by atoms with van der Waals surface area (Å²) in [5.41, 5.74) is 6.34. The quantitative estimate of drug-likeness (QED) is 0.0535. The van der Waals surface area contributed by atoms with E-state index in [0.29, 0.717) is 31.8 Å². The molecule has 0 aromatic rings. The Morgan fingerprint density at radius 2 is 1.22 bits per heavy atom. The molecule has 0 aromatic heterocycles. The van der Waals surface area contributed by atoms with E-state index in [4.69, 9.17) is 42.4 Å². The number of piperidine rings is 2. The molecular formula is C62H132N12O5. The molecule has 0 saturated carbocycles. The van der Waals surface area contributed by atoms with Crippen LogP contribution in [0.4, 0.5) is 0 Å². The zero-order valence-corrected chi connectivity index (χ0v) is 53.4. The second kappa shape index (κ2) is 51.2. The minimum Gasteiger partial charge on any atom is -0.401 e. The highest BCUT2D eigenvalue weighted by Crippen LogP contribution is 2.24. The number of rotatable bonds is 9. The Morgan fingerprint density at radius 1 is 0.658 bits per heavy atom. The average Bonchev–Trinajstić information content (AvgIpc) is 4.32. The monoisotopic (exact) mass is 1130 g/mol. The lowest BCUT2D eigenvalue weighted by atomic mass is 10.00. The summed E-state index contributed by atoms with van der Waals surface area (Å²) in [6, 6.07) is 0.454. The first-order valence-corrected chi connectivity index (χ1v) is 31.2. The van der Waals surface area contributed by atoms with E-state index in [1.54, 1.807) is 10.6 Å². The lowest BCUT2D eigenvalue weighted by Crippen LogP contribution is -2.42. The van der Waals surface area contributed by atoms with Gasteiger partial charge in [0.25, 0.3) is 6.41 Å². The summed E-state index contributed by atoms with van der Waals surface area (Å²) in [7, 11) is 16.5. The van der Waals surface area contributed by atoms with Gasteiger partial charge in [-0.15, -0.1) is 0 Å². The molecule has 17 heteroatoms. The van der Waals surface area contributed by atoms with E-state index >= 15 is 0 Å². The third-order valence-electron chi connectivity index (χ3n) is 15.4. The number of aliphatic hydroxyl groups excluding tert-OH is 3. The number of amidine groups is 1. The number of nitrogens with two attached hydrogens (primary N) is 1. The highest BCUT2D eigenvalue weighted by molar-refractivity contribution is 5.73. The number of nitrogens with one attached hydrogen (secondary N) is 1. The van der Waals surface area contributed by atoms with Gasteiger partial charge in [0.2, 0.25) is 0 Å². The van der Waals surface area contributed by atoms with Crippen LogP contribution in [0.25, 0.3) is 0 Å². The predicted octanol–water partition coefficient (Wildman–Crippen LogP) is 6.86. The molecule has 8 heterocycles. The van der Waals surface area contributed by atoms with Crippen LogP contribution < -0.4 is 5.73 Å². The minimum absolute atomic E-state index is 0. The molecule has 6 N–H and O–H groups in total. The van der Waals surface area contributed by atoms with E-state index in [0.717, 1.165) is 45.7 Å². The lowest BCUT2D eigenvalue weighted by Gasteiger charge is -2.28. The first-order valence-electron chi connectivity index (χ1n) is 31.2. The van der Waals surface area contributed by atoms with Gasteiger partial charge < -0.3 is 74.6 Å². The number of nitrogens with zero attached hydrogens (tertiary/aromatic N) is 10. The number of terminal acetylenes is 1. The van der Waals surface area contributed by atoms with Crippen molar-refractivity contribution in [3.8, 4) is 12.5 Å². The van der Waals surface area contributed by atoms with Gasteiger partial charge in [-0.05, 0) is 231 Å². The van der Waals surface area contributed by atoms with Gasteiger partial charge in [-0.25, -0.2) is 0 Å². The Kier molecular flexibility index (Phi) is 49.7. The molecule has 79 heavy (non-hydrogen) atoms. The maximum absolute atomic E-state index is 8.99. The van der Waals surface area contributed by atoms with E-state index in [9.17, 15) is 0 Å². The zero-order valence-electron chi connectivity index (χ0n) is 53.4. The summed E-state index contributed by atoms with van der Waals surface area (Å²) in [4.78, 5) is 23.0. The van der Waals surface area contributed by atoms with Crippen molar-refractivity contribution < 1.29 is 27.6 Å². The molecule has 17 nitrogen and oxygen atoms in total. The van der Waals surface area contributed by atoms with Crippen molar-refractivity contribution in [2.24, 2.45) is 11.7 Å². The van der Waals surface area contributed by atoms with Crippen LogP contribution in [-0.4, -0.2) is 289 Å². The van der Waals surface area contributed by atoms with Crippen molar-refractivity contribution >= 4 is 5.84 Å². The molecule has 0 bridgehead atoms. The maximum Gasteiger partial charge on any atom is 0.272 e. The van der Waals surface area contributed by atoms with Crippen molar-refractivity contribution in [2.75, 3.05) is 201 Å². The number of likely N-dealkylation sites (tertiary alicyclic amines) is 6. The van der Waals surface area contributed by atoms with E-state index in [-0.39, 0.29) is 14.8 Å². The molecule has 9 aliphatic rings. The van der Waals surface area contributed by atoms with Crippen molar-refractivity contribution in [3.05, 3.63) is 23.9 Å². The molecule has 9 rings (SSSR count). The molecule has 7 saturated heterocycles. The van der Waals surface area contributed by atoms with Crippen molar-refractivity contribution in [1.29, 1.82) is 5.41 Å². The molecule has 4 unspecified atom stereocenters. The number of allylic oxidation sites excluding steroid dienone is 2. The molecule has 0 radical (unpaired) electrons.